The molecule has 116 valence electrons. The molecule has 0 aromatic heterocycles. The number of hydrogen-bond donors (Lipinski definition) is 1. The summed E-state index contributed by atoms with van der Waals surface area (Å²) in [5.41, 5.74) is 0. The fourth-order valence-electron chi connectivity index (χ4n) is 2.56. The van der Waals surface area contributed by atoms with E-state index in [0.717, 1.165) is 0 Å². The fraction of sp³-hybridized carbons (Fsp3) is 0.692. The van der Waals surface area contributed by atoms with Crippen LogP contribution in [0.1, 0.15) is 38.5 Å². The van der Waals surface area contributed by atoms with Gasteiger partial charge in [-0.05, 0) is 25.7 Å². The van der Waals surface area contributed by atoms with Crippen molar-refractivity contribution in [1.82, 2.24) is 10.4 Å². The van der Waals surface area contributed by atoms with Gasteiger partial charge in [0.05, 0.1) is 10.3 Å². The summed E-state index contributed by atoms with van der Waals surface area (Å²) >= 11 is 2.00. The summed E-state index contributed by atoms with van der Waals surface area (Å²) in [5.74, 6) is -1.78. The third-order valence-corrected chi connectivity index (χ3v) is 4.43. The lowest BCUT2D eigenvalue weighted by Crippen LogP contribution is -2.41. The van der Waals surface area contributed by atoms with Gasteiger partial charge in [-0.1, -0.05) is 22.6 Å². The van der Waals surface area contributed by atoms with Crippen LogP contribution in [0.3, 0.4) is 0 Å². The molecule has 0 spiro atoms. The number of amides is 3. The Morgan fingerprint density at radius 3 is 2.24 bits per heavy atom. The maximum Gasteiger partial charge on any atom is 0.336 e. The van der Waals surface area contributed by atoms with E-state index >= 15 is 0 Å². The van der Waals surface area contributed by atoms with Gasteiger partial charge in [0.2, 0.25) is 5.91 Å². The van der Waals surface area contributed by atoms with E-state index in [1.165, 1.54) is 0 Å². The number of carbonyl (C=O) groups excluding carboxylic acids is 4. The summed E-state index contributed by atoms with van der Waals surface area (Å²) in [7, 11) is 0. The minimum atomic E-state index is -0.530. The molecule has 0 radical (unpaired) electrons. The lowest BCUT2D eigenvalue weighted by molar-refractivity contribution is -0.201. The zero-order valence-corrected chi connectivity index (χ0v) is 13.6. The van der Waals surface area contributed by atoms with Crippen LogP contribution in [-0.4, -0.2) is 39.2 Å². The van der Waals surface area contributed by atoms with Crippen molar-refractivity contribution in [2.45, 2.75) is 44.6 Å². The molecule has 7 nitrogen and oxygen atoms in total. The summed E-state index contributed by atoms with van der Waals surface area (Å²) in [5, 5.41) is 3.49. The number of alkyl halides is 1. The third kappa shape index (κ3) is 4.14. The third-order valence-electron chi connectivity index (χ3n) is 3.73. The monoisotopic (exact) mass is 408 g/mol. The van der Waals surface area contributed by atoms with Crippen LogP contribution < -0.4 is 5.32 Å². The van der Waals surface area contributed by atoms with Crippen molar-refractivity contribution in [3.63, 3.8) is 0 Å². The van der Waals surface area contributed by atoms with Gasteiger partial charge in [-0.15, -0.1) is 5.06 Å². The van der Waals surface area contributed by atoms with Gasteiger partial charge in [0.15, 0.2) is 0 Å². The minimum absolute atomic E-state index is 0.00473. The van der Waals surface area contributed by atoms with Gasteiger partial charge in [-0.2, -0.15) is 0 Å². The first-order chi connectivity index (χ1) is 10.0. The molecule has 8 heteroatoms. The largest absolute Gasteiger partial charge is 0.353 e. The average Bonchev–Trinajstić information content (AvgIpc) is 2.79. The molecule has 1 aliphatic heterocycles. The second-order valence-corrected chi connectivity index (χ2v) is 6.00. The molecule has 2 rings (SSSR count). The number of nitrogens with zero attached hydrogens (tertiary/aromatic N) is 1. The highest BCUT2D eigenvalue weighted by Crippen LogP contribution is 2.26. The molecule has 3 amide bonds. The highest BCUT2D eigenvalue weighted by Gasteiger charge is 2.36. The van der Waals surface area contributed by atoms with Gasteiger partial charge < -0.3 is 10.2 Å². The molecule has 1 N–H and O–H groups in total. The van der Waals surface area contributed by atoms with Crippen LogP contribution in [0.25, 0.3) is 0 Å². The molecule has 21 heavy (non-hydrogen) atoms. The summed E-state index contributed by atoms with van der Waals surface area (Å²) in [6.45, 7) is 0. The van der Waals surface area contributed by atoms with Gasteiger partial charge in [0.1, 0.15) is 0 Å². The predicted molar refractivity (Wildman–Crippen MR) is 80.0 cm³/mol. The van der Waals surface area contributed by atoms with Crippen molar-refractivity contribution in [1.29, 1.82) is 0 Å². The van der Waals surface area contributed by atoms with Crippen LogP contribution >= 0.6 is 22.6 Å². The molecule has 1 saturated carbocycles. The average molecular weight is 408 g/mol. The van der Waals surface area contributed by atoms with E-state index in [0.29, 0.717) is 35.2 Å². The quantitative estimate of drug-likeness (QED) is 0.420. The highest BCUT2D eigenvalue weighted by atomic mass is 127. The lowest BCUT2D eigenvalue weighted by atomic mass is 9.86. The van der Waals surface area contributed by atoms with E-state index in [2.05, 4.69) is 5.32 Å². The Morgan fingerprint density at radius 2 is 1.71 bits per heavy atom. The van der Waals surface area contributed by atoms with E-state index in [-0.39, 0.29) is 30.7 Å². The van der Waals surface area contributed by atoms with Crippen LogP contribution in [0.5, 0.6) is 0 Å². The van der Waals surface area contributed by atoms with Crippen LogP contribution in [0, 0.1) is 5.92 Å². The molecule has 1 aliphatic carbocycles. The number of carbonyl (C=O) groups is 4. The zero-order chi connectivity index (χ0) is 15.4. The van der Waals surface area contributed by atoms with E-state index in [1.807, 2.05) is 22.6 Å². The summed E-state index contributed by atoms with van der Waals surface area (Å²) in [6, 6.07) is 0.0892. The maximum absolute atomic E-state index is 12.0. The first-order valence-electron chi connectivity index (χ1n) is 6.94. The summed E-state index contributed by atoms with van der Waals surface area (Å²) < 4.78 is 0.416. The Kier molecular flexibility index (Phi) is 5.54. The highest BCUT2D eigenvalue weighted by molar-refractivity contribution is 14.1. The number of rotatable bonds is 4. The molecule has 0 unspecified atom stereocenters. The van der Waals surface area contributed by atoms with Crippen LogP contribution in [0.2, 0.25) is 0 Å². The van der Waals surface area contributed by atoms with Gasteiger partial charge >= 0.3 is 5.97 Å². The molecule has 1 heterocycles. The van der Waals surface area contributed by atoms with Gasteiger partial charge in [-0.25, -0.2) is 4.79 Å². The Balaban J connectivity index is 1.79. The second kappa shape index (κ2) is 7.19. The summed E-state index contributed by atoms with van der Waals surface area (Å²) in [6.07, 6.45) is 2.76. The molecular weight excluding hydrogens is 391 g/mol. The molecule has 1 saturated heterocycles. The maximum atomic E-state index is 12.0. The SMILES string of the molecule is O=C(CI)NC1CCC(C(=O)ON2C(=O)CCC2=O)CC1. The van der Waals surface area contributed by atoms with Gasteiger partial charge in [0.25, 0.3) is 11.8 Å². The van der Waals surface area contributed by atoms with Crippen molar-refractivity contribution in [3.05, 3.63) is 0 Å². The number of hydrogen-bond acceptors (Lipinski definition) is 5. The molecule has 0 bridgehead atoms. The van der Waals surface area contributed by atoms with Crippen LogP contribution in [0.15, 0.2) is 0 Å². The predicted octanol–water partition coefficient (Wildman–Crippen LogP) is 0.704. The minimum Gasteiger partial charge on any atom is -0.353 e. The van der Waals surface area contributed by atoms with E-state index in [4.69, 9.17) is 4.84 Å². The number of halogens is 1. The topological polar surface area (TPSA) is 92.8 Å². The van der Waals surface area contributed by atoms with Crippen LogP contribution in [-0.2, 0) is 24.0 Å². The van der Waals surface area contributed by atoms with Crippen LogP contribution in [0.4, 0.5) is 0 Å². The molecule has 0 atom stereocenters. The Bertz CT molecular complexity index is 443. The smallest absolute Gasteiger partial charge is 0.336 e. The second-order valence-electron chi connectivity index (χ2n) is 5.24. The van der Waals surface area contributed by atoms with Crippen molar-refractivity contribution < 1.29 is 24.0 Å². The lowest BCUT2D eigenvalue weighted by Gasteiger charge is -2.28. The molecule has 0 aromatic carbocycles. The Morgan fingerprint density at radius 1 is 1.14 bits per heavy atom. The van der Waals surface area contributed by atoms with E-state index in [1.54, 1.807) is 0 Å². The van der Waals surface area contributed by atoms with Crippen molar-refractivity contribution >= 4 is 46.3 Å². The van der Waals surface area contributed by atoms with E-state index in [9.17, 15) is 19.2 Å². The normalized spacial score (nSPS) is 25.9. The Labute approximate surface area is 135 Å². The van der Waals surface area contributed by atoms with Crippen molar-refractivity contribution in [2.75, 3.05) is 4.43 Å². The standard InChI is InChI=1S/C13H17IN2O5/c14-7-10(17)15-9-3-1-8(2-4-9)13(20)21-16-11(18)5-6-12(16)19/h8-9H,1-7H2,(H,15,17). The van der Waals surface area contributed by atoms with Gasteiger partial charge in [0, 0.05) is 18.9 Å². The van der Waals surface area contributed by atoms with Crippen molar-refractivity contribution in [3.8, 4) is 0 Å². The first kappa shape index (κ1) is 16.2. The number of nitrogens with one attached hydrogen (secondary N) is 1. The van der Waals surface area contributed by atoms with Crippen molar-refractivity contribution in [2.24, 2.45) is 5.92 Å². The zero-order valence-electron chi connectivity index (χ0n) is 11.5. The molecule has 2 fully saturated rings. The molecule has 0 aromatic rings. The Hall–Kier alpha value is -1.19. The van der Waals surface area contributed by atoms with Gasteiger partial charge in [-0.3, -0.25) is 14.4 Å². The molecular formula is C13H17IN2O5. The number of hydroxylamine groups is 2. The fourth-order valence-corrected chi connectivity index (χ4v) is 2.78. The molecule has 2 aliphatic rings. The van der Waals surface area contributed by atoms with E-state index < -0.39 is 17.8 Å². The summed E-state index contributed by atoms with van der Waals surface area (Å²) in [4.78, 5) is 51.0. The first-order valence-corrected chi connectivity index (χ1v) is 8.46. The number of imide groups is 1.